The van der Waals surface area contributed by atoms with Crippen molar-refractivity contribution in [2.24, 2.45) is 0 Å². The van der Waals surface area contributed by atoms with E-state index in [0.29, 0.717) is 0 Å². The second kappa shape index (κ2) is 13.7. The van der Waals surface area contributed by atoms with Crippen LogP contribution in [0, 0.1) is 0 Å². The Hall–Kier alpha value is 0.120. The number of benzene rings is 1. The average Bonchev–Trinajstić information content (AvgIpc) is 1.91. The third-order valence-corrected chi connectivity index (χ3v) is 0.985. The van der Waals surface area contributed by atoms with E-state index in [1.54, 1.807) is 0 Å². The zero-order valence-electron chi connectivity index (χ0n) is 5.84. The molecule has 0 aliphatic carbocycles. The van der Waals surface area contributed by atoms with Gasteiger partial charge in [-0.2, -0.15) is 0 Å². The van der Waals surface area contributed by atoms with Crippen LogP contribution < -0.4 is 0 Å². The van der Waals surface area contributed by atoms with E-state index in [1.807, 2.05) is 30.3 Å². The van der Waals surface area contributed by atoms with Crippen LogP contribution in [0.25, 0.3) is 0 Å². The molecule has 0 atom stereocenters. The van der Waals surface area contributed by atoms with Gasteiger partial charge in [0.2, 0.25) is 0 Å². The Labute approximate surface area is 89.4 Å². The number of halogens is 3. The topological polar surface area (TPSA) is 34.1 Å². The van der Waals surface area contributed by atoms with Gasteiger partial charge in [0, 0.05) is 5.02 Å². The number of hydrogen-bond acceptors (Lipinski definition) is 2. The summed E-state index contributed by atoms with van der Waals surface area (Å²) in [5.41, 5.74) is 0. The van der Waals surface area contributed by atoms with Gasteiger partial charge >= 0.3 is 17.5 Å². The summed E-state index contributed by atoms with van der Waals surface area (Å²) in [5, 5.41) is 0.794. The molecule has 0 fully saturated rings. The van der Waals surface area contributed by atoms with Crippen molar-refractivity contribution in [2.75, 3.05) is 0 Å². The van der Waals surface area contributed by atoms with Crippen molar-refractivity contribution in [2.45, 2.75) is 0 Å². The summed E-state index contributed by atoms with van der Waals surface area (Å²) >= 11 is 5.54. The molecule has 0 amide bonds. The van der Waals surface area contributed by atoms with E-state index in [9.17, 15) is 0 Å². The van der Waals surface area contributed by atoms with Crippen LogP contribution >= 0.6 is 44.8 Å². The first-order chi connectivity index (χ1) is 4.81. The van der Waals surface area contributed by atoms with E-state index in [4.69, 9.17) is 20.7 Å². The fourth-order valence-corrected chi connectivity index (χ4v) is 0.560. The van der Waals surface area contributed by atoms with Gasteiger partial charge < -0.3 is 0 Å². The van der Waals surface area contributed by atoms with Crippen LogP contribution in [-0.2, 0) is 9.13 Å². The van der Waals surface area contributed by atoms with Crippen LogP contribution in [0.1, 0.15) is 0 Å². The zero-order valence-corrected chi connectivity index (χ0v) is 9.13. The van der Waals surface area contributed by atoms with Crippen molar-refractivity contribution >= 4 is 44.8 Å². The Kier molecular flexibility index (Phi) is 20.6. The van der Waals surface area contributed by atoms with Crippen LogP contribution in [-0.4, -0.2) is 0 Å². The minimum atomic E-state index is -1.08. The van der Waals surface area contributed by atoms with Crippen LogP contribution in [0.3, 0.4) is 0 Å². The molecule has 12 heavy (non-hydrogen) atoms. The summed E-state index contributed by atoms with van der Waals surface area (Å²) in [7, 11) is -1.08. The number of hydrogen-bond donors (Lipinski definition) is 0. The fourth-order valence-electron chi connectivity index (χ4n) is 0.415. The molecule has 69 valence electrons. The first kappa shape index (κ1) is 18.0. The molecule has 0 bridgehead atoms. The van der Waals surface area contributed by atoms with Crippen molar-refractivity contribution < 1.29 is 9.13 Å². The third kappa shape index (κ3) is 12.8. The van der Waals surface area contributed by atoms with Gasteiger partial charge in [-0.1, -0.05) is 29.8 Å². The standard InChI is InChI=1S/C6H5Cl.2ClH.O2P/c7-6-4-2-1-3-5-6;;;1-3-2/h1-5H;2*1H;. The van der Waals surface area contributed by atoms with Gasteiger partial charge in [0.1, 0.15) is 0 Å². The molecule has 0 spiro atoms. The molecule has 1 aromatic carbocycles. The summed E-state index contributed by atoms with van der Waals surface area (Å²) in [6.45, 7) is 0. The maximum absolute atomic E-state index is 8.35. The van der Waals surface area contributed by atoms with Crippen molar-refractivity contribution in [3.8, 4) is 0 Å². The molecule has 0 heterocycles. The van der Waals surface area contributed by atoms with E-state index in [-0.39, 0.29) is 24.8 Å². The summed E-state index contributed by atoms with van der Waals surface area (Å²) < 4.78 is 16.7. The van der Waals surface area contributed by atoms with Gasteiger partial charge in [0.15, 0.2) is 0 Å². The molecule has 0 aromatic heterocycles. The van der Waals surface area contributed by atoms with Crippen LogP contribution in [0.2, 0.25) is 5.02 Å². The first-order valence-electron chi connectivity index (χ1n) is 2.46. The summed E-state index contributed by atoms with van der Waals surface area (Å²) in [4.78, 5) is 0. The maximum atomic E-state index is 8.35. The van der Waals surface area contributed by atoms with Crippen molar-refractivity contribution in [1.82, 2.24) is 0 Å². The van der Waals surface area contributed by atoms with Gasteiger partial charge in [0.05, 0.1) is 0 Å². The molecule has 0 aliphatic heterocycles. The normalized spacial score (nSPS) is 5.75. The predicted octanol–water partition coefficient (Wildman–Crippen LogP) is 3.81. The molecule has 1 aromatic rings. The molecule has 0 N–H and O–H groups in total. The second-order valence-electron chi connectivity index (χ2n) is 1.37. The van der Waals surface area contributed by atoms with Crippen molar-refractivity contribution in [3.05, 3.63) is 35.4 Å². The Morgan fingerprint density at radius 3 is 1.50 bits per heavy atom. The van der Waals surface area contributed by atoms with Crippen LogP contribution in [0.15, 0.2) is 30.3 Å². The molecule has 2 nitrogen and oxygen atoms in total. The zero-order chi connectivity index (χ0) is 7.82. The first-order valence-corrected chi connectivity index (χ1v) is 3.57. The van der Waals surface area contributed by atoms with E-state index < -0.39 is 8.34 Å². The van der Waals surface area contributed by atoms with E-state index in [1.165, 1.54) is 0 Å². The second-order valence-corrected chi connectivity index (χ2v) is 1.96. The van der Waals surface area contributed by atoms with Gasteiger partial charge in [-0.25, -0.2) is 0 Å². The summed E-state index contributed by atoms with van der Waals surface area (Å²) in [5.74, 6) is 0. The summed E-state index contributed by atoms with van der Waals surface area (Å²) in [6, 6.07) is 9.44. The fraction of sp³-hybridized carbons (Fsp3) is 0. The predicted molar refractivity (Wildman–Crippen MR) is 54.2 cm³/mol. The quantitative estimate of drug-likeness (QED) is 0.654. The van der Waals surface area contributed by atoms with Gasteiger partial charge in [0.25, 0.3) is 0 Å². The minimum absolute atomic E-state index is 0. The van der Waals surface area contributed by atoms with Gasteiger partial charge in [-0.15, -0.1) is 24.8 Å². The molecule has 1 rings (SSSR count). The molecular weight excluding hydrogens is 241 g/mol. The van der Waals surface area contributed by atoms with E-state index >= 15 is 0 Å². The Balaban J connectivity index is -0.000000146. The molecule has 6 heteroatoms. The summed E-state index contributed by atoms with van der Waals surface area (Å²) in [6.07, 6.45) is 0. The monoisotopic (exact) mass is 247 g/mol. The van der Waals surface area contributed by atoms with Gasteiger partial charge in [-0.05, 0) is 12.1 Å². The van der Waals surface area contributed by atoms with Crippen LogP contribution in [0.5, 0.6) is 0 Å². The molecule has 0 saturated heterocycles. The Bertz CT molecular complexity index is 211. The molecule has 1 radical (unpaired) electrons. The molecule has 0 aliphatic rings. The Morgan fingerprint density at radius 1 is 1.00 bits per heavy atom. The SMILES string of the molecule is Cl.Cl.Clc1ccccc1.O=[P]=O. The third-order valence-electron chi connectivity index (χ3n) is 0.733. The van der Waals surface area contributed by atoms with Crippen molar-refractivity contribution in [3.63, 3.8) is 0 Å². The van der Waals surface area contributed by atoms with E-state index in [2.05, 4.69) is 0 Å². The average molecular weight is 248 g/mol. The van der Waals surface area contributed by atoms with E-state index in [0.717, 1.165) is 5.02 Å². The molecule has 0 saturated carbocycles. The van der Waals surface area contributed by atoms with Gasteiger partial charge in [-0.3, -0.25) is 0 Å². The van der Waals surface area contributed by atoms with Crippen molar-refractivity contribution in [1.29, 1.82) is 0 Å². The molecular formula is C6H7Cl3O2P. The molecule has 0 unspecified atom stereocenters. The number of rotatable bonds is 0. The van der Waals surface area contributed by atoms with Crippen LogP contribution in [0.4, 0.5) is 0 Å². The Morgan fingerprint density at radius 2 is 1.33 bits per heavy atom.